The van der Waals surface area contributed by atoms with Gasteiger partial charge in [-0.1, -0.05) is 18.2 Å². The van der Waals surface area contributed by atoms with Gasteiger partial charge in [-0.25, -0.2) is 0 Å². The zero-order valence-corrected chi connectivity index (χ0v) is 11.8. The van der Waals surface area contributed by atoms with E-state index in [-0.39, 0.29) is 24.7 Å². The Hall–Kier alpha value is -1.59. The van der Waals surface area contributed by atoms with Crippen LogP contribution < -0.4 is 15.8 Å². The average Bonchev–Trinajstić information content (AvgIpc) is 2.93. The molecule has 3 N–H and O–H groups in total. The summed E-state index contributed by atoms with van der Waals surface area (Å²) in [5.74, 6) is 0.574. The third-order valence-electron chi connectivity index (χ3n) is 3.63. The number of para-hydroxylation sites is 1. The quantitative estimate of drug-likeness (QED) is 0.820. The number of methoxy groups -OCH3 is 1. The maximum absolute atomic E-state index is 11.9. The Kier molecular flexibility index (Phi) is 5.38. The molecule has 0 bridgehead atoms. The lowest BCUT2D eigenvalue weighted by molar-refractivity contribution is -0.123. The van der Waals surface area contributed by atoms with E-state index in [4.69, 9.17) is 15.2 Å². The molecule has 1 saturated carbocycles. The molecule has 5 heteroatoms. The van der Waals surface area contributed by atoms with Crippen molar-refractivity contribution in [1.82, 2.24) is 5.32 Å². The van der Waals surface area contributed by atoms with Crippen molar-refractivity contribution in [2.75, 3.05) is 13.7 Å². The Bertz CT molecular complexity index is 450. The highest BCUT2D eigenvalue weighted by Crippen LogP contribution is 2.21. The molecule has 0 saturated heterocycles. The number of benzene rings is 1. The smallest absolute Gasteiger partial charge is 0.258 e. The van der Waals surface area contributed by atoms with Gasteiger partial charge in [-0.2, -0.15) is 0 Å². The molecule has 1 aromatic rings. The molecule has 0 aliphatic heterocycles. The topological polar surface area (TPSA) is 73.6 Å². The molecule has 5 nitrogen and oxygen atoms in total. The van der Waals surface area contributed by atoms with Gasteiger partial charge in [0.15, 0.2) is 6.61 Å². The minimum Gasteiger partial charge on any atom is -0.483 e. The second-order valence-corrected chi connectivity index (χ2v) is 5.04. The highest BCUT2D eigenvalue weighted by molar-refractivity contribution is 5.77. The first-order valence-corrected chi connectivity index (χ1v) is 6.96. The Morgan fingerprint density at radius 2 is 2.20 bits per heavy atom. The minimum atomic E-state index is -0.0985. The summed E-state index contributed by atoms with van der Waals surface area (Å²) in [6.07, 6.45) is 3.10. The van der Waals surface area contributed by atoms with E-state index in [1.807, 2.05) is 24.3 Å². The van der Waals surface area contributed by atoms with Gasteiger partial charge in [0.1, 0.15) is 5.75 Å². The number of rotatable bonds is 6. The van der Waals surface area contributed by atoms with Gasteiger partial charge in [0.25, 0.3) is 5.91 Å². The molecule has 0 radical (unpaired) electrons. The monoisotopic (exact) mass is 278 g/mol. The Morgan fingerprint density at radius 3 is 2.90 bits per heavy atom. The molecule has 0 heterocycles. The molecule has 2 atom stereocenters. The van der Waals surface area contributed by atoms with Gasteiger partial charge >= 0.3 is 0 Å². The van der Waals surface area contributed by atoms with E-state index < -0.39 is 0 Å². The van der Waals surface area contributed by atoms with Gasteiger partial charge in [-0.3, -0.25) is 4.79 Å². The van der Waals surface area contributed by atoms with Crippen molar-refractivity contribution in [3.63, 3.8) is 0 Å². The number of hydrogen-bond donors (Lipinski definition) is 2. The summed E-state index contributed by atoms with van der Waals surface area (Å²) in [4.78, 5) is 11.9. The van der Waals surface area contributed by atoms with Crippen LogP contribution in [0.15, 0.2) is 24.3 Å². The van der Waals surface area contributed by atoms with E-state index in [1.165, 1.54) is 0 Å². The van der Waals surface area contributed by atoms with Crippen molar-refractivity contribution in [2.24, 2.45) is 5.73 Å². The zero-order chi connectivity index (χ0) is 14.4. The highest BCUT2D eigenvalue weighted by Gasteiger charge is 2.25. The van der Waals surface area contributed by atoms with Gasteiger partial charge in [-0.05, 0) is 25.3 Å². The van der Waals surface area contributed by atoms with Crippen molar-refractivity contribution < 1.29 is 14.3 Å². The summed E-state index contributed by atoms with van der Waals surface area (Å²) >= 11 is 0. The fourth-order valence-corrected chi connectivity index (χ4v) is 2.51. The van der Waals surface area contributed by atoms with Crippen LogP contribution in [0.1, 0.15) is 24.8 Å². The largest absolute Gasteiger partial charge is 0.483 e. The number of nitrogens with two attached hydrogens (primary N) is 1. The van der Waals surface area contributed by atoms with Crippen LogP contribution in [0.3, 0.4) is 0 Å². The Labute approximate surface area is 119 Å². The average molecular weight is 278 g/mol. The lowest BCUT2D eigenvalue weighted by Gasteiger charge is -2.14. The summed E-state index contributed by atoms with van der Waals surface area (Å²) in [7, 11) is 1.71. The second kappa shape index (κ2) is 7.26. The van der Waals surface area contributed by atoms with Crippen molar-refractivity contribution in [2.45, 2.75) is 38.0 Å². The van der Waals surface area contributed by atoms with E-state index in [0.717, 1.165) is 24.8 Å². The maximum atomic E-state index is 11.9. The number of amides is 1. The normalized spacial score (nSPS) is 21.7. The molecule has 1 fully saturated rings. The molecular weight excluding hydrogens is 256 g/mol. The first-order valence-electron chi connectivity index (χ1n) is 6.96. The molecule has 0 aromatic heterocycles. The highest BCUT2D eigenvalue weighted by atomic mass is 16.5. The van der Waals surface area contributed by atoms with Crippen LogP contribution in [0.2, 0.25) is 0 Å². The number of nitrogens with one attached hydrogen (secondary N) is 1. The van der Waals surface area contributed by atoms with Gasteiger partial charge in [0.2, 0.25) is 0 Å². The third kappa shape index (κ3) is 3.95. The molecule has 2 unspecified atom stereocenters. The van der Waals surface area contributed by atoms with Crippen LogP contribution in [0.25, 0.3) is 0 Å². The number of carbonyl (C=O) groups is 1. The molecule has 2 rings (SSSR count). The van der Waals surface area contributed by atoms with E-state index in [2.05, 4.69) is 5.32 Å². The molecule has 0 spiro atoms. The Balaban J connectivity index is 1.78. The van der Waals surface area contributed by atoms with Crippen LogP contribution in [0.4, 0.5) is 0 Å². The van der Waals surface area contributed by atoms with Crippen LogP contribution in [0, 0.1) is 0 Å². The lowest BCUT2D eigenvalue weighted by atomic mass is 10.2. The molecule has 1 aromatic carbocycles. The summed E-state index contributed by atoms with van der Waals surface area (Å²) < 4.78 is 10.8. The lowest BCUT2D eigenvalue weighted by Crippen LogP contribution is -2.36. The summed E-state index contributed by atoms with van der Waals surface area (Å²) in [6.45, 7) is 0.418. The van der Waals surface area contributed by atoms with Gasteiger partial charge in [0, 0.05) is 25.3 Å². The molecule has 20 heavy (non-hydrogen) atoms. The summed E-state index contributed by atoms with van der Waals surface area (Å²) in [5.41, 5.74) is 6.53. The predicted octanol–water partition coefficient (Wildman–Crippen LogP) is 1.21. The fraction of sp³-hybridized carbons (Fsp3) is 0.533. The molecule has 1 aliphatic carbocycles. The van der Waals surface area contributed by atoms with Crippen molar-refractivity contribution in [3.8, 4) is 5.75 Å². The standard InChI is InChI=1S/C15H22N2O3/c1-19-13-7-6-12(8-13)17-15(18)10-20-14-5-3-2-4-11(14)9-16/h2-5,12-13H,6-10,16H2,1H3,(H,17,18). The predicted molar refractivity (Wildman–Crippen MR) is 76.4 cm³/mol. The number of carbonyl (C=O) groups excluding carboxylic acids is 1. The molecular formula is C15H22N2O3. The van der Waals surface area contributed by atoms with Gasteiger partial charge < -0.3 is 20.5 Å². The van der Waals surface area contributed by atoms with E-state index in [0.29, 0.717) is 12.3 Å². The van der Waals surface area contributed by atoms with E-state index >= 15 is 0 Å². The first kappa shape index (κ1) is 14.8. The SMILES string of the molecule is COC1CCC(NC(=O)COc2ccccc2CN)C1. The fourth-order valence-electron chi connectivity index (χ4n) is 2.51. The summed E-state index contributed by atoms with van der Waals surface area (Å²) in [6, 6.07) is 7.69. The summed E-state index contributed by atoms with van der Waals surface area (Å²) in [5, 5.41) is 2.98. The van der Waals surface area contributed by atoms with Crippen molar-refractivity contribution >= 4 is 5.91 Å². The van der Waals surface area contributed by atoms with Crippen LogP contribution >= 0.6 is 0 Å². The molecule has 1 aliphatic rings. The van der Waals surface area contributed by atoms with Crippen LogP contribution in [0.5, 0.6) is 5.75 Å². The minimum absolute atomic E-state index is 0.0190. The first-order chi connectivity index (χ1) is 9.72. The van der Waals surface area contributed by atoms with Crippen LogP contribution in [-0.2, 0) is 16.1 Å². The van der Waals surface area contributed by atoms with E-state index in [1.54, 1.807) is 7.11 Å². The zero-order valence-electron chi connectivity index (χ0n) is 11.8. The third-order valence-corrected chi connectivity index (χ3v) is 3.63. The Morgan fingerprint density at radius 1 is 1.40 bits per heavy atom. The van der Waals surface area contributed by atoms with Crippen molar-refractivity contribution in [3.05, 3.63) is 29.8 Å². The van der Waals surface area contributed by atoms with Gasteiger partial charge in [-0.15, -0.1) is 0 Å². The maximum Gasteiger partial charge on any atom is 0.258 e. The van der Waals surface area contributed by atoms with E-state index in [9.17, 15) is 4.79 Å². The molecule has 1 amide bonds. The van der Waals surface area contributed by atoms with Crippen molar-refractivity contribution in [1.29, 1.82) is 0 Å². The molecule has 110 valence electrons. The number of hydrogen-bond acceptors (Lipinski definition) is 4. The number of ether oxygens (including phenoxy) is 2. The second-order valence-electron chi connectivity index (χ2n) is 5.04. The van der Waals surface area contributed by atoms with Crippen LogP contribution in [-0.4, -0.2) is 31.8 Å². The van der Waals surface area contributed by atoms with Gasteiger partial charge in [0.05, 0.1) is 6.10 Å².